The molecule has 2 rings (SSSR count). The third-order valence-electron chi connectivity index (χ3n) is 4.84. The van der Waals surface area contributed by atoms with Crippen molar-refractivity contribution in [3.05, 3.63) is 35.9 Å². The van der Waals surface area contributed by atoms with Crippen LogP contribution in [-0.2, 0) is 9.59 Å². The molecule has 1 fully saturated rings. The first kappa shape index (κ1) is 19.0. The van der Waals surface area contributed by atoms with E-state index in [0.717, 1.165) is 6.42 Å². The van der Waals surface area contributed by atoms with Gasteiger partial charge in [0.25, 0.3) is 5.91 Å². The van der Waals surface area contributed by atoms with Crippen LogP contribution >= 0.6 is 0 Å². The maximum atomic E-state index is 12.9. The van der Waals surface area contributed by atoms with Gasteiger partial charge in [-0.25, -0.2) is 0 Å². The first-order valence-corrected chi connectivity index (χ1v) is 8.84. The van der Waals surface area contributed by atoms with E-state index in [1.165, 1.54) is 0 Å². The summed E-state index contributed by atoms with van der Waals surface area (Å²) in [4.78, 5) is 40.3. The highest BCUT2D eigenvalue weighted by Gasteiger charge is 2.32. The summed E-state index contributed by atoms with van der Waals surface area (Å²) >= 11 is 0. The number of carbonyl (C=O) groups excluding carboxylic acids is 3. The van der Waals surface area contributed by atoms with Gasteiger partial charge in [-0.3, -0.25) is 14.4 Å². The summed E-state index contributed by atoms with van der Waals surface area (Å²) in [6.07, 6.45) is 0.791. The van der Waals surface area contributed by atoms with Crippen LogP contribution in [0.2, 0.25) is 0 Å². The number of amides is 3. The SMILES string of the molecule is CC[C@@H](C)[C@@H](NC(=O)c1ccccc1)C(=O)N1CCN(C(C)=O)CC1. The van der Waals surface area contributed by atoms with Gasteiger partial charge in [-0.1, -0.05) is 38.5 Å². The van der Waals surface area contributed by atoms with Crippen molar-refractivity contribution < 1.29 is 14.4 Å². The van der Waals surface area contributed by atoms with Crippen LogP contribution in [0.25, 0.3) is 0 Å². The molecule has 1 saturated heterocycles. The number of rotatable bonds is 5. The van der Waals surface area contributed by atoms with Gasteiger partial charge in [0.2, 0.25) is 11.8 Å². The molecule has 1 aliphatic rings. The minimum absolute atomic E-state index is 0.0305. The minimum Gasteiger partial charge on any atom is -0.340 e. The number of piperazine rings is 1. The number of benzene rings is 1. The Morgan fingerprint density at radius 3 is 2.12 bits per heavy atom. The Labute approximate surface area is 149 Å². The van der Waals surface area contributed by atoms with E-state index >= 15 is 0 Å². The van der Waals surface area contributed by atoms with E-state index < -0.39 is 6.04 Å². The van der Waals surface area contributed by atoms with E-state index in [-0.39, 0.29) is 23.6 Å². The number of hydrogen-bond acceptors (Lipinski definition) is 3. The Kier molecular flexibility index (Phi) is 6.56. The highest BCUT2D eigenvalue weighted by Crippen LogP contribution is 2.14. The second-order valence-electron chi connectivity index (χ2n) is 6.53. The quantitative estimate of drug-likeness (QED) is 0.880. The van der Waals surface area contributed by atoms with Crippen molar-refractivity contribution in [2.45, 2.75) is 33.2 Å². The molecule has 0 spiro atoms. The van der Waals surface area contributed by atoms with Gasteiger partial charge in [-0.2, -0.15) is 0 Å². The molecule has 1 aromatic carbocycles. The molecule has 136 valence electrons. The molecule has 0 bridgehead atoms. The molecule has 0 saturated carbocycles. The molecule has 1 aliphatic heterocycles. The molecular weight excluding hydrogens is 318 g/mol. The van der Waals surface area contributed by atoms with Gasteiger partial charge in [0.1, 0.15) is 6.04 Å². The summed E-state index contributed by atoms with van der Waals surface area (Å²) in [5, 5.41) is 2.90. The Hall–Kier alpha value is -2.37. The van der Waals surface area contributed by atoms with E-state index in [1.807, 2.05) is 19.9 Å². The van der Waals surface area contributed by atoms with Gasteiger partial charge in [-0.05, 0) is 18.1 Å². The lowest BCUT2D eigenvalue weighted by Gasteiger charge is -2.37. The van der Waals surface area contributed by atoms with Crippen molar-refractivity contribution in [2.75, 3.05) is 26.2 Å². The number of carbonyl (C=O) groups is 3. The Morgan fingerprint density at radius 2 is 1.60 bits per heavy atom. The molecule has 0 aromatic heterocycles. The molecule has 3 amide bonds. The Bertz CT molecular complexity index is 610. The summed E-state index contributed by atoms with van der Waals surface area (Å²) < 4.78 is 0. The van der Waals surface area contributed by atoms with Crippen molar-refractivity contribution in [1.29, 1.82) is 0 Å². The van der Waals surface area contributed by atoms with Crippen LogP contribution in [0.3, 0.4) is 0 Å². The van der Waals surface area contributed by atoms with Gasteiger partial charge < -0.3 is 15.1 Å². The zero-order valence-electron chi connectivity index (χ0n) is 15.2. The lowest BCUT2D eigenvalue weighted by atomic mass is 9.97. The lowest BCUT2D eigenvalue weighted by Crippen LogP contribution is -2.57. The van der Waals surface area contributed by atoms with Crippen LogP contribution in [0.1, 0.15) is 37.6 Å². The fourth-order valence-corrected chi connectivity index (χ4v) is 2.94. The van der Waals surface area contributed by atoms with Crippen LogP contribution in [0.5, 0.6) is 0 Å². The molecular formula is C19H27N3O3. The standard InChI is InChI=1S/C19H27N3O3/c1-4-14(2)17(20-18(24)16-8-6-5-7-9-16)19(25)22-12-10-21(11-13-22)15(3)23/h5-9,14,17H,4,10-13H2,1-3H3,(H,20,24)/t14-,17-/m1/s1. The van der Waals surface area contributed by atoms with E-state index in [1.54, 1.807) is 41.0 Å². The Morgan fingerprint density at radius 1 is 1.04 bits per heavy atom. The van der Waals surface area contributed by atoms with Crippen LogP contribution in [0.4, 0.5) is 0 Å². The number of nitrogens with one attached hydrogen (secondary N) is 1. The molecule has 2 atom stereocenters. The van der Waals surface area contributed by atoms with E-state index in [0.29, 0.717) is 31.7 Å². The van der Waals surface area contributed by atoms with Gasteiger partial charge in [-0.15, -0.1) is 0 Å². The van der Waals surface area contributed by atoms with E-state index in [2.05, 4.69) is 5.32 Å². The molecule has 1 heterocycles. The summed E-state index contributed by atoms with van der Waals surface area (Å²) in [6, 6.07) is 8.37. The first-order chi connectivity index (χ1) is 11.9. The zero-order chi connectivity index (χ0) is 18.4. The zero-order valence-corrected chi connectivity index (χ0v) is 15.2. The van der Waals surface area contributed by atoms with Crippen molar-refractivity contribution in [3.8, 4) is 0 Å². The molecule has 0 unspecified atom stereocenters. The summed E-state index contributed by atoms with van der Waals surface area (Å²) in [5.41, 5.74) is 0.546. The molecule has 0 aliphatic carbocycles. The van der Waals surface area contributed by atoms with Crippen LogP contribution < -0.4 is 5.32 Å². The third-order valence-corrected chi connectivity index (χ3v) is 4.84. The molecule has 1 N–H and O–H groups in total. The predicted octanol–water partition coefficient (Wildman–Crippen LogP) is 1.52. The lowest BCUT2D eigenvalue weighted by molar-refractivity contribution is -0.140. The molecule has 0 radical (unpaired) electrons. The highest BCUT2D eigenvalue weighted by atomic mass is 16.2. The van der Waals surface area contributed by atoms with Gasteiger partial charge in [0, 0.05) is 38.7 Å². The monoisotopic (exact) mass is 345 g/mol. The van der Waals surface area contributed by atoms with Crippen LogP contribution in [0.15, 0.2) is 30.3 Å². The molecule has 25 heavy (non-hydrogen) atoms. The smallest absolute Gasteiger partial charge is 0.251 e. The highest BCUT2D eigenvalue weighted by molar-refractivity contribution is 5.97. The summed E-state index contributed by atoms with van der Waals surface area (Å²) in [6.45, 7) is 7.62. The van der Waals surface area contributed by atoms with E-state index in [4.69, 9.17) is 0 Å². The largest absolute Gasteiger partial charge is 0.340 e. The van der Waals surface area contributed by atoms with Gasteiger partial charge in [0.05, 0.1) is 0 Å². The maximum absolute atomic E-state index is 12.9. The van der Waals surface area contributed by atoms with Crippen molar-refractivity contribution in [2.24, 2.45) is 5.92 Å². The van der Waals surface area contributed by atoms with Crippen molar-refractivity contribution >= 4 is 17.7 Å². The average molecular weight is 345 g/mol. The Balaban J connectivity index is 2.05. The number of nitrogens with zero attached hydrogens (tertiary/aromatic N) is 2. The van der Waals surface area contributed by atoms with Gasteiger partial charge in [0.15, 0.2) is 0 Å². The van der Waals surface area contributed by atoms with Crippen molar-refractivity contribution in [3.63, 3.8) is 0 Å². The molecule has 6 heteroatoms. The second kappa shape index (κ2) is 8.65. The van der Waals surface area contributed by atoms with Crippen LogP contribution in [0, 0.1) is 5.92 Å². The summed E-state index contributed by atoms with van der Waals surface area (Å²) in [5.74, 6) is -0.239. The van der Waals surface area contributed by atoms with Crippen LogP contribution in [-0.4, -0.2) is 59.7 Å². The normalized spacial score (nSPS) is 16.9. The first-order valence-electron chi connectivity index (χ1n) is 8.84. The summed E-state index contributed by atoms with van der Waals surface area (Å²) in [7, 11) is 0. The third kappa shape index (κ3) is 4.81. The average Bonchev–Trinajstić information content (AvgIpc) is 2.65. The predicted molar refractivity (Wildman–Crippen MR) is 96.0 cm³/mol. The molecule has 1 aromatic rings. The minimum atomic E-state index is -0.554. The fraction of sp³-hybridized carbons (Fsp3) is 0.526. The van der Waals surface area contributed by atoms with Gasteiger partial charge >= 0.3 is 0 Å². The molecule has 6 nitrogen and oxygen atoms in total. The number of hydrogen-bond donors (Lipinski definition) is 1. The topological polar surface area (TPSA) is 69.7 Å². The maximum Gasteiger partial charge on any atom is 0.251 e. The van der Waals surface area contributed by atoms with Crippen molar-refractivity contribution in [1.82, 2.24) is 15.1 Å². The van der Waals surface area contributed by atoms with E-state index in [9.17, 15) is 14.4 Å². The second-order valence-corrected chi connectivity index (χ2v) is 6.53. The fourth-order valence-electron chi connectivity index (χ4n) is 2.94.